The molecule has 0 aromatic heterocycles. The van der Waals surface area contributed by atoms with Crippen LogP contribution in [0.5, 0.6) is 5.75 Å². The molecule has 1 nitrogen and oxygen atoms in total. The Morgan fingerprint density at radius 1 is 1.16 bits per heavy atom. The lowest BCUT2D eigenvalue weighted by atomic mass is 10.0. The van der Waals surface area contributed by atoms with Gasteiger partial charge in [0.1, 0.15) is 5.75 Å². The topological polar surface area (TPSA) is 9.23 Å². The molecule has 0 heterocycles. The van der Waals surface area contributed by atoms with Gasteiger partial charge in [0.05, 0.1) is 7.11 Å². The number of ether oxygens (including phenoxy) is 1. The van der Waals surface area contributed by atoms with E-state index in [9.17, 15) is 0 Å². The summed E-state index contributed by atoms with van der Waals surface area (Å²) in [5, 5.41) is 0. The lowest BCUT2D eigenvalue weighted by Gasteiger charge is -2.15. The van der Waals surface area contributed by atoms with Gasteiger partial charge in [-0.2, -0.15) is 0 Å². The fourth-order valence-corrected chi connectivity index (χ4v) is 3.98. The van der Waals surface area contributed by atoms with Crippen LogP contribution in [0.1, 0.15) is 21.5 Å². The first kappa shape index (κ1) is 14.9. The Balaban J connectivity index is 2.26. The molecule has 0 saturated carbocycles. The van der Waals surface area contributed by atoms with E-state index in [1.54, 1.807) is 7.11 Å². The average molecular weight is 431 g/mol. The summed E-state index contributed by atoms with van der Waals surface area (Å²) < 4.78 is 6.74. The number of hydrogen-bond donors (Lipinski definition) is 0. The molecule has 0 aliphatic rings. The Kier molecular flexibility index (Phi) is 5.28. The quantitative estimate of drug-likeness (QED) is 0.473. The van der Waals surface area contributed by atoms with E-state index in [4.69, 9.17) is 4.74 Å². The van der Waals surface area contributed by atoms with Gasteiger partial charge in [-0.25, -0.2) is 0 Å². The first-order valence-electron chi connectivity index (χ1n) is 6.14. The summed E-state index contributed by atoms with van der Waals surface area (Å²) in [7, 11) is 1.72. The largest absolute Gasteiger partial charge is 0.496 e. The second-order valence-corrected chi connectivity index (χ2v) is 6.65. The molecule has 19 heavy (non-hydrogen) atoms. The molecule has 2 aromatic carbocycles. The van der Waals surface area contributed by atoms with Crippen LogP contribution in [-0.2, 0) is 6.42 Å². The predicted molar refractivity (Wildman–Crippen MR) is 92.3 cm³/mol. The van der Waals surface area contributed by atoms with Gasteiger partial charge in [0.15, 0.2) is 0 Å². The van der Waals surface area contributed by atoms with Crippen molar-refractivity contribution in [3.8, 4) is 5.75 Å². The summed E-state index contributed by atoms with van der Waals surface area (Å²) in [5.74, 6) is 0.953. The van der Waals surface area contributed by atoms with Crippen molar-refractivity contribution in [2.24, 2.45) is 0 Å². The summed E-state index contributed by atoms with van der Waals surface area (Å²) in [6.45, 7) is 2.15. The highest BCUT2D eigenvalue weighted by Gasteiger charge is 2.14. The SMILES string of the molecule is COc1ccccc1CC(Br)c1cccc(C)c1I. The highest BCUT2D eigenvalue weighted by molar-refractivity contribution is 14.1. The standard InChI is InChI=1S/C16H16BrIO/c1-11-6-5-8-13(16(11)18)14(17)10-12-7-3-4-9-15(12)19-2/h3-9,14H,10H2,1-2H3. The maximum Gasteiger partial charge on any atom is 0.122 e. The van der Waals surface area contributed by atoms with Crippen LogP contribution in [0.4, 0.5) is 0 Å². The summed E-state index contributed by atoms with van der Waals surface area (Å²) in [4.78, 5) is 0.301. The molecule has 0 aliphatic carbocycles. The van der Waals surface area contributed by atoms with Gasteiger partial charge in [-0.1, -0.05) is 52.3 Å². The first-order chi connectivity index (χ1) is 9.13. The molecule has 0 N–H and O–H groups in total. The van der Waals surface area contributed by atoms with E-state index in [0.29, 0.717) is 4.83 Å². The van der Waals surface area contributed by atoms with Crippen LogP contribution in [0.2, 0.25) is 0 Å². The van der Waals surface area contributed by atoms with Crippen molar-refractivity contribution in [3.05, 3.63) is 62.7 Å². The van der Waals surface area contributed by atoms with E-state index in [1.165, 1.54) is 20.3 Å². The smallest absolute Gasteiger partial charge is 0.122 e. The first-order valence-corrected chi connectivity index (χ1v) is 8.14. The minimum Gasteiger partial charge on any atom is -0.496 e. The van der Waals surface area contributed by atoms with Gasteiger partial charge < -0.3 is 4.74 Å². The van der Waals surface area contributed by atoms with E-state index >= 15 is 0 Å². The van der Waals surface area contributed by atoms with Gasteiger partial charge >= 0.3 is 0 Å². The van der Waals surface area contributed by atoms with Crippen molar-refractivity contribution in [3.63, 3.8) is 0 Å². The number of halogens is 2. The van der Waals surface area contributed by atoms with Gasteiger partial charge in [-0.05, 0) is 58.7 Å². The molecule has 0 aliphatic heterocycles. The third-order valence-electron chi connectivity index (χ3n) is 3.15. The Morgan fingerprint density at radius 3 is 2.63 bits per heavy atom. The number of alkyl halides is 1. The van der Waals surface area contributed by atoms with E-state index in [-0.39, 0.29) is 0 Å². The Labute approximate surface area is 136 Å². The van der Waals surface area contributed by atoms with Crippen LogP contribution < -0.4 is 4.74 Å². The molecule has 1 atom stereocenters. The molecular formula is C16H16BrIO. The van der Waals surface area contributed by atoms with E-state index in [0.717, 1.165) is 12.2 Å². The van der Waals surface area contributed by atoms with E-state index in [2.05, 4.69) is 75.8 Å². The number of methoxy groups -OCH3 is 1. The van der Waals surface area contributed by atoms with Crippen molar-refractivity contribution >= 4 is 38.5 Å². The highest BCUT2D eigenvalue weighted by Crippen LogP contribution is 2.34. The van der Waals surface area contributed by atoms with Crippen molar-refractivity contribution in [2.45, 2.75) is 18.2 Å². The Hall–Kier alpha value is -0.550. The molecule has 0 radical (unpaired) electrons. The molecule has 100 valence electrons. The van der Waals surface area contributed by atoms with Crippen LogP contribution in [-0.4, -0.2) is 7.11 Å². The maximum absolute atomic E-state index is 5.41. The predicted octanol–water partition coefficient (Wildman–Crippen LogP) is 5.29. The van der Waals surface area contributed by atoms with Gasteiger partial charge in [0, 0.05) is 8.40 Å². The number of benzene rings is 2. The molecule has 0 saturated heterocycles. The minimum atomic E-state index is 0.301. The lowest BCUT2D eigenvalue weighted by molar-refractivity contribution is 0.409. The third kappa shape index (κ3) is 3.51. The van der Waals surface area contributed by atoms with Gasteiger partial charge in [-0.15, -0.1) is 0 Å². The molecule has 2 aromatic rings. The summed E-state index contributed by atoms with van der Waals surface area (Å²) in [5.41, 5.74) is 3.89. The Morgan fingerprint density at radius 2 is 1.89 bits per heavy atom. The normalized spacial score (nSPS) is 12.2. The number of hydrogen-bond acceptors (Lipinski definition) is 1. The fraction of sp³-hybridized carbons (Fsp3) is 0.250. The zero-order chi connectivity index (χ0) is 13.8. The average Bonchev–Trinajstić information content (AvgIpc) is 2.42. The molecule has 0 spiro atoms. The maximum atomic E-state index is 5.41. The molecule has 0 bridgehead atoms. The number of para-hydroxylation sites is 1. The van der Waals surface area contributed by atoms with E-state index < -0.39 is 0 Å². The highest BCUT2D eigenvalue weighted by atomic mass is 127. The Bertz CT molecular complexity index is 568. The molecule has 2 rings (SSSR count). The summed E-state index contributed by atoms with van der Waals surface area (Å²) >= 11 is 6.23. The van der Waals surface area contributed by atoms with Crippen molar-refractivity contribution in [1.29, 1.82) is 0 Å². The van der Waals surface area contributed by atoms with Crippen LogP contribution in [0.3, 0.4) is 0 Å². The van der Waals surface area contributed by atoms with Crippen LogP contribution in [0, 0.1) is 10.5 Å². The molecule has 0 fully saturated rings. The van der Waals surface area contributed by atoms with Crippen LogP contribution >= 0.6 is 38.5 Å². The van der Waals surface area contributed by atoms with Crippen LogP contribution in [0.25, 0.3) is 0 Å². The van der Waals surface area contributed by atoms with Crippen molar-refractivity contribution < 1.29 is 4.74 Å². The van der Waals surface area contributed by atoms with Crippen molar-refractivity contribution in [2.75, 3.05) is 7.11 Å². The zero-order valence-electron chi connectivity index (χ0n) is 11.0. The van der Waals surface area contributed by atoms with E-state index in [1.807, 2.05) is 12.1 Å². The van der Waals surface area contributed by atoms with Crippen molar-refractivity contribution in [1.82, 2.24) is 0 Å². The molecule has 3 heteroatoms. The summed E-state index contributed by atoms with van der Waals surface area (Å²) in [6.07, 6.45) is 0.920. The minimum absolute atomic E-state index is 0.301. The van der Waals surface area contributed by atoms with Gasteiger partial charge in [-0.3, -0.25) is 0 Å². The van der Waals surface area contributed by atoms with Gasteiger partial charge in [0.25, 0.3) is 0 Å². The number of rotatable bonds is 4. The third-order valence-corrected chi connectivity index (χ3v) is 5.44. The molecule has 0 amide bonds. The second-order valence-electron chi connectivity index (χ2n) is 4.46. The molecular weight excluding hydrogens is 415 g/mol. The zero-order valence-corrected chi connectivity index (χ0v) is 14.7. The van der Waals surface area contributed by atoms with Crippen LogP contribution in [0.15, 0.2) is 42.5 Å². The fourth-order valence-electron chi connectivity index (χ4n) is 2.09. The molecule has 1 unspecified atom stereocenters. The lowest BCUT2D eigenvalue weighted by Crippen LogP contribution is -2.01. The van der Waals surface area contributed by atoms with Gasteiger partial charge in [0.2, 0.25) is 0 Å². The number of aryl methyl sites for hydroxylation is 1. The second kappa shape index (κ2) is 6.75. The monoisotopic (exact) mass is 430 g/mol. The summed E-state index contributed by atoms with van der Waals surface area (Å²) in [6, 6.07) is 14.6.